The normalized spacial score (nSPS) is 10.2. The van der Waals surface area contributed by atoms with Gasteiger partial charge in [0.25, 0.3) is 5.91 Å². The second kappa shape index (κ2) is 6.00. The van der Waals surface area contributed by atoms with Crippen molar-refractivity contribution in [3.63, 3.8) is 0 Å². The lowest BCUT2D eigenvalue weighted by Crippen LogP contribution is -2.26. The Morgan fingerprint density at radius 3 is 2.68 bits per heavy atom. The van der Waals surface area contributed by atoms with E-state index in [1.807, 2.05) is 12.1 Å². The van der Waals surface area contributed by atoms with Crippen molar-refractivity contribution in [2.24, 2.45) is 0 Å². The Kier molecular flexibility index (Phi) is 4.13. The number of rotatable bonds is 4. The van der Waals surface area contributed by atoms with Crippen molar-refractivity contribution in [1.29, 1.82) is 0 Å². The van der Waals surface area contributed by atoms with Crippen molar-refractivity contribution in [2.75, 3.05) is 6.54 Å². The lowest BCUT2D eigenvalue weighted by atomic mass is 10.1. The zero-order valence-electron chi connectivity index (χ0n) is 10.8. The van der Waals surface area contributed by atoms with Crippen LogP contribution in [0, 0.1) is 6.92 Å². The third-order valence-electron chi connectivity index (χ3n) is 2.99. The lowest BCUT2D eigenvalue weighted by Gasteiger charge is -2.07. The summed E-state index contributed by atoms with van der Waals surface area (Å²) >= 11 is 0. The minimum Gasteiger partial charge on any atom is -0.352 e. The molecule has 0 spiro atoms. The Hall–Kier alpha value is -2.36. The van der Waals surface area contributed by atoms with Crippen molar-refractivity contribution in [1.82, 2.24) is 10.3 Å². The number of aryl methyl sites for hydroxylation is 1. The van der Waals surface area contributed by atoms with E-state index in [-0.39, 0.29) is 11.5 Å². The molecule has 1 heterocycles. The van der Waals surface area contributed by atoms with Crippen molar-refractivity contribution in [3.05, 3.63) is 69.6 Å². The number of aromatic nitrogens is 1. The average Bonchev–Trinajstić information content (AvgIpc) is 2.41. The standard InChI is InChI=1S/C15H16N2O2/c1-11-4-2-3-5-12(11)8-9-16-15(19)13-6-7-14(18)17-10-13/h2-7,10H,8-9H2,1H3,(H,16,19)(H,17,18). The van der Waals surface area contributed by atoms with Crippen molar-refractivity contribution in [2.45, 2.75) is 13.3 Å². The van der Waals surface area contributed by atoms with Gasteiger partial charge in [0, 0.05) is 18.8 Å². The van der Waals surface area contributed by atoms with E-state index < -0.39 is 0 Å². The molecular formula is C15H16N2O2. The van der Waals surface area contributed by atoms with Gasteiger partial charge in [-0.15, -0.1) is 0 Å². The maximum Gasteiger partial charge on any atom is 0.252 e. The fourth-order valence-electron chi connectivity index (χ4n) is 1.86. The number of benzene rings is 1. The Balaban J connectivity index is 1.89. The number of nitrogens with one attached hydrogen (secondary N) is 2. The first-order chi connectivity index (χ1) is 9.16. The first-order valence-corrected chi connectivity index (χ1v) is 6.18. The SMILES string of the molecule is Cc1ccccc1CCNC(=O)c1ccc(=O)[nH]c1. The van der Waals surface area contributed by atoms with Gasteiger partial charge in [-0.2, -0.15) is 0 Å². The summed E-state index contributed by atoms with van der Waals surface area (Å²) in [6, 6.07) is 11.0. The highest BCUT2D eigenvalue weighted by molar-refractivity contribution is 5.93. The first-order valence-electron chi connectivity index (χ1n) is 6.18. The quantitative estimate of drug-likeness (QED) is 0.873. The first kappa shape index (κ1) is 13.1. The van der Waals surface area contributed by atoms with Crippen LogP contribution in [0.1, 0.15) is 21.5 Å². The van der Waals surface area contributed by atoms with Gasteiger partial charge in [-0.25, -0.2) is 0 Å². The lowest BCUT2D eigenvalue weighted by molar-refractivity contribution is 0.0953. The molecule has 0 fully saturated rings. The zero-order chi connectivity index (χ0) is 13.7. The highest BCUT2D eigenvalue weighted by atomic mass is 16.1. The minimum absolute atomic E-state index is 0.176. The molecule has 0 radical (unpaired) electrons. The van der Waals surface area contributed by atoms with Crippen LogP contribution in [0.3, 0.4) is 0 Å². The molecule has 1 aromatic carbocycles. The largest absolute Gasteiger partial charge is 0.352 e. The van der Waals surface area contributed by atoms with Gasteiger partial charge in [0.15, 0.2) is 0 Å². The molecule has 0 aliphatic rings. The molecule has 0 unspecified atom stereocenters. The number of carbonyl (C=O) groups excluding carboxylic acids is 1. The molecule has 0 saturated carbocycles. The van der Waals surface area contributed by atoms with Crippen LogP contribution in [0.2, 0.25) is 0 Å². The molecule has 2 N–H and O–H groups in total. The summed E-state index contributed by atoms with van der Waals surface area (Å²) in [4.78, 5) is 25.2. The van der Waals surface area contributed by atoms with Crippen LogP contribution in [-0.4, -0.2) is 17.4 Å². The smallest absolute Gasteiger partial charge is 0.252 e. The second-order valence-electron chi connectivity index (χ2n) is 4.37. The number of H-pyrrole nitrogens is 1. The van der Waals surface area contributed by atoms with Crippen molar-refractivity contribution >= 4 is 5.91 Å². The topological polar surface area (TPSA) is 62.0 Å². The minimum atomic E-state index is -0.212. The van der Waals surface area contributed by atoms with E-state index in [9.17, 15) is 9.59 Å². The number of hydrogen-bond donors (Lipinski definition) is 2. The van der Waals surface area contributed by atoms with E-state index in [1.54, 1.807) is 0 Å². The van der Waals surface area contributed by atoms with Gasteiger partial charge in [-0.3, -0.25) is 9.59 Å². The number of carbonyl (C=O) groups is 1. The van der Waals surface area contributed by atoms with Crippen molar-refractivity contribution < 1.29 is 4.79 Å². The third kappa shape index (κ3) is 3.55. The summed E-state index contributed by atoms with van der Waals surface area (Å²) < 4.78 is 0. The fourth-order valence-corrected chi connectivity index (χ4v) is 1.86. The molecule has 0 bridgehead atoms. The molecule has 1 amide bonds. The number of hydrogen-bond acceptors (Lipinski definition) is 2. The zero-order valence-corrected chi connectivity index (χ0v) is 10.8. The molecule has 0 aliphatic heterocycles. The molecule has 2 aromatic rings. The van der Waals surface area contributed by atoms with Crippen LogP contribution >= 0.6 is 0 Å². The van der Waals surface area contributed by atoms with Crippen molar-refractivity contribution in [3.8, 4) is 0 Å². The highest BCUT2D eigenvalue weighted by Gasteiger charge is 2.04. The predicted octanol–water partition coefficient (Wildman–Crippen LogP) is 1.66. The van der Waals surface area contributed by atoms with Gasteiger partial charge in [0.1, 0.15) is 0 Å². The summed E-state index contributed by atoms with van der Waals surface area (Å²) in [5.41, 5.74) is 2.70. The Morgan fingerprint density at radius 1 is 1.21 bits per heavy atom. The molecule has 0 saturated heterocycles. The summed E-state index contributed by atoms with van der Waals surface area (Å²) in [5, 5.41) is 2.83. The highest BCUT2D eigenvalue weighted by Crippen LogP contribution is 2.06. The summed E-state index contributed by atoms with van der Waals surface area (Å²) in [7, 11) is 0. The van der Waals surface area contributed by atoms with Crippen LogP contribution in [-0.2, 0) is 6.42 Å². The van der Waals surface area contributed by atoms with E-state index in [0.717, 1.165) is 6.42 Å². The number of amides is 1. The van der Waals surface area contributed by atoms with Gasteiger partial charge in [-0.1, -0.05) is 24.3 Å². The van der Waals surface area contributed by atoms with Gasteiger partial charge in [-0.05, 0) is 30.5 Å². The van der Waals surface area contributed by atoms with Crippen LogP contribution in [0.4, 0.5) is 0 Å². The van der Waals surface area contributed by atoms with E-state index >= 15 is 0 Å². The maximum absolute atomic E-state index is 11.8. The average molecular weight is 256 g/mol. The summed E-state index contributed by atoms with van der Waals surface area (Å²) in [5.74, 6) is -0.176. The molecule has 0 atom stereocenters. The molecule has 1 aromatic heterocycles. The van der Waals surface area contributed by atoms with E-state index in [0.29, 0.717) is 12.1 Å². The van der Waals surface area contributed by atoms with E-state index in [4.69, 9.17) is 0 Å². The van der Waals surface area contributed by atoms with Crippen LogP contribution < -0.4 is 10.9 Å². The van der Waals surface area contributed by atoms with Gasteiger partial charge in [0.2, 0.25) is 5.56 Å². The summed E-state index contributed by atoms with van der Waals surface area (Å²) in [6.45, 7) is 2.63. The molecule has 19 heavy (non-hydrogen) atoms. The van der Waals surface area contributed by atoms with Gasteiger partial charge < -0.3 is 10.3 Å². The monoisotopic (exact) mass is 256 g/mol. The number of aromatic amines is 1. The number of pyridine rings is 1. The van der Waals surface area contributed by atoms with E-state index in [1.165, 1.54) is 29.5 Å². The Bertz CT molecular complexity index is 612. The van der Waals surface area contributed by atoms with Crippen LogP contribution in [0.5, 0.6) is 0 Å². The van der Waals surface area contributed by atoms with Crippen LogP contribution in [0.25, 0.3) is 0 Å². The fraction of sp³-hybridized carbons (Fsp3) is 0.200. The molecule has 0 aliphatic carbocycles. The molecule has 4 nitrogen and oxygen atoms in total. The van der Waals surface area contributed by atoms with Gasteiger partial charge >= 0.3 is 0 Å². The predicted molar refractivity (Wildman–Crippen MR) is 74.3 cm³/mol. The summed E-state index contributed by atoms with van der Waals surface area (Å²) in [6.07, 6.45) is 2.22. The Labute approximate surface area is 111 Å². The van der Waals surface area contributed by atoms with Crippen LogP contribution in [0.15, 0.2) is 47.4 Å². The maximum atomic E-state index is 11.8. The van der Waals surface area contributed by atoms with E-state index in [2.05, 4.69) is 29.4 Å². The second-order valence-corrected chi connectivity index (χ2v) is 4.37. The molecular weight excluding hydrogens is 240 g/mol. The Morgan fingerprint density at radius 2 is 2.00 bits per heavy atom. The molecule has 2 rings (SSSR count). The third-order valence-corrected chi connectivity index (χ3v) is 2.99. The molecule has 4 heteroatoms. The van der Waals surface area contributed by atoms with Gasteiger partial charge in [0.05, 0.1) is 5.56 Å². The molecule has 98 valence electrons.